The lowest BCUT2D eigenvalue weighted by Crippen LogP contribution is -2.27. The Kier molecular flexibility index (Phi) is 6.65. The van der Waals surface area contributed by atoms with Gasteiger partial charge in [-0.1, -0.05) is 35.3 Å². The molecule has 1 heterocycles. The number of nitrogens with zero attached hydrogens (tertiary/aromatic N) is 2. The van der Waals surface area contributed by atoms with Crippen molar-refractivity contribution in [1.29, 1.82) is 0 Å². The molecule has 0 aliphatic carbocycles. The molecule has 8 heteroatoms. The molecule has 0 radical (unpaired) electrons. The first-order chi connectivity index (χ1) is 15.3. The molecule has 0 saturated carbocycles. The Hall–Kier alpha value is -2.67. The van der Waals surface area contributed by atoms with Gasteiger partial charge in [0.15, 0.2) is 0 Å². The van der Waals surface area contributed by atoms with Crippen molar-refractivity contribution in [1.82, 2.24) is 0 Å². The fourth-order valence-electron chi connectivity index (χ4n) is 3.47. The average molecular weight is 486 g/mol. The van der Waals surface area contributed by atoms with Gasteiger partial charge in [-0.2, -0.15) is 0 Å². The minimum atomic E-state index is -0.285. The van der Waals surface area contributed by atoms with E-state index in [-0.39, 0.29) is 17.2 Å². The number of thioether (sulfide) groups is 1. The third-order valence-corrected chi connectivity index (χ3v) is 7.07. The summed E-state index contributed by atoms with van der Waals surface area (Å²) >= 11 is 13.5. The van der Waals surface area contributed by atoms with E-state index in [1.165, 1.54) is 6.07 Å². The highest BCUT2D eigenvalue weighted by Crippen LogP contribution is 2.42. The van der Waals surface area contributed by atoms with E-state index in [1.807, 2.05) is 72.4 Å². The van der Waals surface area contributed by atoms with Crippen LogP contribution in [-0.2, 0) is 4.79 Å². The molecule has 1 N–H and O–H groups in total. The molecule has 164 valence electrons. The Labute approximate surface area is 201 Å². The normalized spacial score (nSPS) is 15.7. The summed E-state index contributed by atoms with van der Waals surface area (Å²) in [6, 6.07) is 20.2. The maximum atomic E-state index is 12.7. The summed E-state index contributed by atoms with van der Waals surface area (Å²) < 4.78 is 0. The van der Waals surface area contributed by atoms with Gasteiger partial charge in [-0.25, -0.2) is 0 Å². The summed E-state index contributed by atoms with van der Waals surface area (Å²) in [6.45, 7) is 0. The molecule has 0 spiro atoms. The highest BCUT2D eigenvalue weighted by atomic mass is 35.5. The second-order valence-corrected chi connectivity index (χ2v) is 9.43. The van der Waals surface area contributed by atoms with E-state index in [4.69, 9.17) is 23.2 Å². The molecule has 5 nitrogen and oxygen atoms in total. The fourth-order valence-corrected chi connectivity index (χ4v) is 4.94. The number of hydrogen-bond donors (Lipinski definition) is 1. The van der Waals surface area contributed by atoms with Crippen molar-refractivity contribution in [2.24, 2.45) is 0 Å². The number of carbonyl (C=O) groups excluding carboxylic acids is 2. The Morgan fingerprint density at radius 1 is 1.03 bits per heavy atom. The van der Waals surface area contributed by atoms with Gasteiger partial charge in [0.25, 0.3) is 5.91 Å². The first kappa shape index (κ1) is 22.5. The molecule has 1 aliphatic heterocycles. The van der Waals surface area contributed by atoms with Gasteiger partial charge in [0.2, 0.25) is 5.91 Å². The van der Waals surface area contributed by atoms with Gasteiger partial charge in [-0.3, -0.25) is 14.5 Å². The molecule has 4 rings (SSSR count). The SMILES string of the molecule is CN(C)c1ccc(N2C(=O)CSC2c2cccc(NC(=O)c3ccc(Cl)c(Cl)c3)c2)cc1. The van der Waals surface area contributed by atoms with Crippen LogP contribution >= 0.6 is 35.0 Å². The molecule has 0 bridgehead atoms. The summed E-state index contributed by atoms with van der Waals surface area (Å²) in [7, 11) is 3.96. The van der Waals surface area contributed by atoms with Gasteiger partial charge in [0, 0.05) is 36.7 Å². The van der Waals surface area contributed by atoms with Gasteiger partial charge < -0.3 is 10.2 Å². The van der Waals surface area contributed by atoms with E-state index in [0.29, 0.717) is 27.0 Å². The second kappa shape index (κ2) is 9.45. The number of halogens is 2. The quantitative estimate of drug-likeness (QED) is 0.474. The summed E-state index contributed by atoms with van der Waals surface area (Å²) in [5.74, 6) is 0.176. The van der Waals surface area contributed by atoms with Crippen LogP contribution in [0.25, 0.3) is 0 Å². The first-order valence-corrected chi connectivity index (χ1v) is 11.7. The lowest BCUT2D eigenvalue weighted by atomic mass is 10.1. The van der Waals surface area contributed by atoms with Crippen molar-refractivity contribution in [3.8, 4) is 0 Å². The fraction of sp³-hybridized carbons (Fsp3) is 0.167. The Balaban J connectivity index is 1.56. The molecular formula is C24H21Cl2N3O2S. The van der Waals surface area contributed by atoms with Crippen LogP contribution in [0.2, 0.25) is 10.0 Å². The van der Waals surface area contributed by atoms with Gasteiger partial charge in [-0.15, -0.1) is 11.8 Å². The van der Waals surface area contributed by atoms with Crippen molar-refractivity contribution < 1.29 is 9.59 Å². The number of amides is 2. The standard InChI is InChI=1S/C24H21Cl2N3O2S/c1-28(2)18-7-9-19(10-8-18)29-22(30)14-32-24(29)16-4-3-5-17(12-16)27-23(31)15-6-11-20(25)21(26)13-15/h3-13,24H,14H2,1-2H3,(H,27,31). The number of nitrogens with one attached hydrogen (secondary N) is 1. The van der Waals surface area contributed by atoms with Crippen LogP contribution in [0.5, 0.6) is 0 Å². The van der Waals surface area contributed by atoms with Crippen LogP contribution in [0.3, 0.4) is 0 Å². The van der Waals surface area contributed by atoms with Crippen LogP contribution in [0, 0.1) is 0 Å². The summed E-state index contributed by atoms with van der Waals surface area (Å²) in [5.41, 5.74) is 3.90. The topological polar surface area (TPSA) is 52.6 Å². The minimum Gasteiger partial charge on any atom is -0.378 e. The maximum absolute atomic E-state index is 12.7. The number of hydrogen-bond acceptors (Lipinski definition) is 4. The lowest BCUT2D eigenvalue weighted by Gasteiger charge is -2.25. The smallest absolute Gasteiger partial charge is 0.255 e. The van der Waals surface area contributed by atoms with E-state index in [9.17, 15) is 9.59 Å². The van der Waals surface area contributed by atoms with Crippen LogP contribution < -0.4 is 15.1 Å². The molecule has 1 unspecified atom stereocenters. The second-order valence-electron chi connectivity index (χ2n) is 7.55. The molecular weight excluding hydrogens is 465 g/mol. The largest absolute Gasteiger partial charge is 0.378 e. The van der Waals surface area contributed by atoms with Crippen LogP contribution in [0.4, 0.5) is 17.1 Å². The predicted molar refractivity (Wildman–Crippen MR) is 134 cm³/mol. The molecule has 0 aromatic heterocycles. The van der Waals surface area contributed by atoms with E-state index in [2.05, 4.69) is 5.32 Å². The van der Waals surface area contributed by atoms with Crippen molar-refractivity contribution >= 4 is 63.8 Å². The molecule has 2 amide bonds. The van der Waals surface area contributed by atoms with Gasteiger partial charge in [0.1, 0.15) is 5.37 Å². The first-order valence-electron chi connectivity index (χ1n) is 9.91. The Bertz CT molecular complexity index is 1170. The number of benzene rings is 3. The van der Waals surface area contributed by atoms with Gasteiger partial charge in [-0.05, 0) is 60.2 Å². The van der Waals surface area contributed by atoms with Crippen LogP contribution in [0.1, 0.15) is 21.3 Å². The zero-order valence-corrected chi connectivity index (χ0v) is 19.8. The lowest BCUT2D eigenvalue weighted by molar-refractivity contribution is -0.115. The van der Waals surface area contributed by atoms with E-state index in [1.54, 1.807) is 23.9 Å². The maximum Gasteiger partial charge on any atom is 0.255 e. The van der Waals surface area contributed by atoms with Gasteiger partial charge >= 0.3 is 0 Å². The summed E-state index contributed by atoms with van der Waals surface area (Å²) in [6.07, 6.45) is 0. The van der Waals surface area contributed by atoms with E-state index in [0.717, 1.165) is 16.9 Å². The monoisotopic (exact) mass is 485 g/mol. The summed E-state index contributed by atoms with van der Waals surface area (Å²) in [5, 5.41) is 3.44. The Morgan fingerprint density at radius 2 is 1.78 bits per heavy atom. The third kappa shape index (κ3) is 4.72. The average Bonchev–Trinajstić information content (AvgIpc) is 3.17. The molecule has 1 atom stereocenters. The zero-order valence-electron chi connectivity index (χ0n) is 17.5. The van der Waals surface area contributed by atoms with Crippen molar-refractivity contribution in [2.45, 2.75) is 5.37 Å². The Morgan fingerprint density at radius 3 is 2.47 bits per heavy atom. The molecule has 3 aromatic rings. The van der Waals surface area contributed by atoms with Crippen LogP contribution in [-0.4, -0.2) is 31.7 Å². The molecule has 3 aromatic carbocycles. The molecule has 1 saturated heterocycles. The van der Waals surface area contributed by atoms with Crippen molar-refractivity contribution in [2.75, 3.05) is 35.0 Å². The van der Waals surface area contributed by atoms with E-state index >= 15 is 0 Å². The third-order valence-electron chi connectivity index (χ3n) is 5.12. The van der Waals surface area contributed by atoms with Gasteiger partial charge in [0.05, 0.1) is 15.8 Å². The van der Waals surface area contributed by atoms with Crippen molar-refractivity contribution in [3.63, 3.8) is 0 Å². The highest BCUT2D eigenvalue weighted by molar-refractivity contribution is 8.00. The van der Waals surface area contributed by atoms with E-state index < -0.39 is 0 Å². The molecule has 1 fully saturated rings. The number of carbonyl (C=O) groups is 2. The molecule has 32 heavy (non-hydrogen) atoms. The molecule has 1 aliphatic rings. The number of rotatable bonds is 5. The van der Waals surface area contributed by atoms with Crippen LogP contribution in [0.15, 0.2) is 66.7 Å². The van der Waals surface area contributed by atoms with Crippen molar-refractivity contribution in [3.05, 3.63) is 87.9 Å². The predicted octanol–water partition coefficient (Wildman–Crippen LogP) is 6.09. The summed E-state index contributed by atoms with van der Waals surface area (Å²) in [4.78, 5) is 29.2. The minimum absolute atomic E-state index is 0.0582. The highest BCUT2D eigenvalue weighted by Gasteiger charge is 2.34. The zero-order chi connectivity index (χ0) is 22.8. The number of anilines is 3.